The number of nitrogens with zero attached hydrogens (tertiary/aromatic N) is 3. The van der Waals surface area contributed by atoms with E-state index < -0.39 is 17.8 Å². The molecule has 6 nitrogen and oxygen atoms in total. The Hall–Kier alpha value is -3.95. The number of aryl methyl sites for hydroxylation is 1. The van der Waals surface area contributed by atoms with Gasteiger partial charge in [-0.1, -0.05) is 6.07 Å². The third-order valence-corrected chi connectivity index (χ3v) is 5.56. The summed E-state index contributed by atoms with van der Waals surface area (Å²) >= 11 is 0. The van der Waals surface area contributed by atoms with Crippen LogP contribution < -0.4 is 5.32 Å². The lowest BCUT2D eigenvalue weighted by Gasteiger charge is -2.14. The summed E-state index contributed by atoms with van der Waals surface area (Å²) in [6.07, 6.45) is -1.02. The Morgan fingerprint density at radius 1 is 1.14 bits per heavy atom. The third-order valence-electron chi connectivity index (χ3n) is 5.56. The summed E-state index contributed by atoms with van der Waals surface area (Å²) in [7, 11) is 0. The van der Waals surface area contributed by atoms with Crippen molar-refractivity contribution < 1.29 is 26.8 Å². The number of alkyl halides is 3. The average molecular weight is 486 g/mol. The van der Waals surface area contributed by atoms with Crippen molar-refractivity contribution in [1.82, 2.24) is 20.1 Å². The Kier molecular flexibility index (Phi) is 6.72. The molecule has 0 radical (unpaired) electrons. The molecule has 2 aromatic carbocycles. The van der Waals surface area contributed by atoms with Crippen molar-refractivity contribution in [2.75, 3.05) is 0 Å². The van der Waals surface area contributed by atoms with Gasteiger partial charge < -0.3 is 9.73 Å². The number of aromatic nitrogens is 3. The smallest absolute Gasteiger partial charge is 0.416 e. The number of rotatable bonds is 7. The quantitative estimate of drug-likeness (QED) is 0.335. The second kappa shape index (κ2) is 9.73. The first kappa shape index (κ1) is 24.2. The van der Waals surface area contributed by atoms with Gasteiger partial charge in [-0.05, 0) is 56.3 Å². The summed E-state index contributed by atoms with van der Waals surface area (Å²) in [6.45, 7) is 3.51. The molecule has 0 aliphatic carbocycles. The molecule has 0 aliphatic heterocycles. The maximum atomic E-state index is 13.1. The number of nitrogens with one attached hydrogen (secondary N) is 1. The molecule has 1 atom stereocenters. The second-order valence-electron chi connectivity index (χ2n) is 8.06. The van der Waals surface area contributed by atoms with Crippen molar-refractivity contribution in [2.24, 2.45) is 0 Å². The van der Waals surface area contributed by atoms with Gasteiger partial charge in [0.05, 0.1) is 29.7 Å². The zero-order valence-electron chi connectivity index (χ0n) is 18.9. The molecular weight excluding hydrogens is 464 g/mol. The third kappa shape index (κ3) is 5.59. The summed E-state index contributed by atoms with van der Waals surface area (Å²) in [5, 5.41) is 7.09. The minimum Gasteiger partial charge on any atom is -0.441 e. The fraction of sp³-hybridized carbons (Fsp3) is 0.240. The number of benzene rings is 2. The summed E-state index contributed by atoms with van der Waals surface area (Å²) in [4.78, 5) is 16.6. The van der Waals surface area contributed by atoms with Gasteiger partial charge in [-0.3, -0.25) is 4.79 Å². The van der Waals surface area contributed by atoms with Gasteiger partial charge >= 0.3 is 6.18 Å². The van der Waals surface area contributed by atoms with Crippen LogP contribution in [0.3, 0.4) is 0 Å². The number of hydrogen-bond donors (Lipinski definition) is 1. The Morgan fingerprint density at radius 2 is 1.89 bits per heavy atom. The van der Waals surface area contributed by atoms with E-state index in [1.165, 1.54) is 35.3 Å². The van der Waals surface area contributed by atoms with Gasteiger partial charge in [-0.2, -0.15) is 18.3 Å². The van der Waals surface area contributed by atoms with Crippen LogP contribution in [0.25, 0.3) is 17.0 Å². The van der Waals surface area contributed by atoms with Gasteiger partial charge in [-0.15, -0.1) is 0 Å². The molecule has 0 bridgehead atoms. The maximum absolute atomic E-state index is 13.1. The Labute approximate surface area is 198 Å². The van der Waals surface area contributed by atoms with E-state index in [4.69, 9.17) is 4.42 Å². The molecule has 0 aliphatic rings. The zero-order chi connectivity index (χ0) is 25.2. The molecule has 2 aromatic heterocycles. The fourth-order valence-electron chi connectivity index (χ4n) is 3.71. The number of oxazole rings is 1. The first-order valence-corrected chi connectivity index (χ1v) is 10.8. The molecule has 0 fully saturated rings. The van der Waals surface area contributed by atoms with Gasteiger partial charge in [0.1, 0.15) is 5.82 Å². The van der Waals surface area contributed by atoms with Gasteiger partial charge in [0, 0.05) is 29.7 Å². The van der Waals surface area contributed by atoms with Crippen LogP contribution in [0.4, 0.5) is 17.6 Å². The van der Waals surface area contributed by atoms with E-state index in [1.54, 1.807) is 32.0 Å². The minimum atomic E-state index is -4.45. The highest BCUT2D eigenvalue weighted by atomic mass is 19.4. The summed E-state index contributed by atoms with van der Waals surface area (Å²) in [5.41, 5.74) is 1.50. The van der Waals surface area contributed by atoms with Crippen LogP contribution in [0.2, 0.25) is 0 Å². The largest absolute Gasteiger partial charge is 0.441 e. The molecule has 0 saturated carbocycles. The average Bonchev–Trinajstić information content (AvgIpc) is 3.44. The first-order chi connectivity index (χ1) is 16.6. The fourth-order valence-corrected chi connectivity index (χ4v) is 3.71. The standard InChI is InChI=1S/C25H22F4N4O2/c1-15(21-13-31-33(16(21)2)20-5-3-4-18(12-20)25(27,28)29)32-23(34)10-11-24-30-14-22(35-24)17-6-8-19(26)9-7-17/h3-9,12-15H,10-11H2,1-2H3,(H,32,34). The van der Waals surface area contributed by atoms with Crippen molar-refractivity contribution >= 4 is 5.91 Å². The van der Waals surface area contributed by atoms with Crippen LogP contribution in [0, 0.1) is 12.7 Å². The Bertz CT molecular complexity index is 1330. The van der Waals surface area contributed by atoms with Crippen LogP contribution in [0.1, 0.15) is 42.1 Å². The predicted octanol–water partition coefficient (Wildman–Crippen LogP) is 5.80. The molecule has 0 spiro atoms. The number of amides is 1. The zero-order valence-corrected chi connectivity index (χ0v) is 18.9. The summed E-state index contributed by atoms with van der Waals surface area (Å²) in [5.74, 6) is 0.257. The van der Waals surface area contributed by atoms with E-state index in [9.17, 15) is 22.4 Å². The monoisotopic (exact) mass is 486 g/mol. The summed E-state index contributed by atoms with van der Waals surface area (Å²) < 4.78 is 59.3. The molecule has 1 amide bonds. The summed E-state index contributed by atoms with van der Waals surface area (Å²) in [6, 6.07) is 10.3. The molecule has 4 rings (SSSR count). The predicted molar refractivity (Wildman–Crippen MR) is 120 cm³/mol. The molecule has 1 N–H and O–H groups in total. The van der Waals surface area contributed by atoms with Crippen molar-refractivity contribution in [3.63, 3.8) is 0 Å². The Morgan fingerprint density at radius 3 is 2.60 bits per heavy atom. The van der Waals surface area contributed by atoms with Gasteiger partial charge in [-0.25, -0.2) is 14.1 Å². The molecule has 10 heteroatoms. The minimum absolute atomic E-state index is 0.120. The molecule has 0 saturated heterocycles. The van der Waals surface area contributed by atoms with E-state index in [2.05, 4.69) is 15.4 Å². The molecule has 1 unspecified atom stereocenters. The number of hydrogen-bond acceptors (Lipinski definition) is 4. The molecule has 182 valence electrons. The van der Waals surface area contributed by atoms with Crippen LogP contribution in [-0.2, 0) is 17.4 Å². The lowest BCUT2D eigenvalue weighted by molar-refractivity contribution is -0.137. The highest BCUT2D eigenvalue weighted by Gasteiger charge is 2.30. The van der Waals surface area contributed by atoms with Gasteiger partial charge in [0.2, 0.25) is 5.91 Å². The van der Waals surface area contributed by atoms with Gasteiger partial charge in [0.25, 0.3) is 0 Å². The van der Waals surface area contributed by atoms with E-state index >= 15 is 0 Å². The lowest BCUT2D eigenvalue weighted by atomic mass is 10.1. The highest BCUT2D eigenvalue weighted by Crippen LogP contribution is 2.31. The molecule has 35 heavy (non-hydrogen) atoms. The Balaban J connectivity index is 1.37. The van der Waals surface area contributed by atoms with Crippen molar-refractivity contribution in [3.8, 4) is 17.0 Å². The van der Waals surface area contributed by atoms with E-state index in [0.29, 0.717) is 28.5 Å². The van der Waals surface area contributed by atoms with Crippen LogP contribution >= 0.6 is 0 Å². The van der Waals surface area contributed by atoms with Crippen molar-refractivity contribution in [3.05, 3.63) is 89.5 Å². The number of carbonyl (C=O) groups excluding carboxylic acids is 1. The normalized spacial score (nSPS) is 12.5. The number of halogens is 4. The van der Waals surface area contributed by atoms with Crippen LogP contribution in [0.15, 0.2) is 65.3 Å². The van der Waals surface area contributed by atoms with E-state index in [-0.39, 0.29) is 30.3 Å². The highest BCUT2D eigenvalue weighted by molar-refractivity contribution is 5.76. The molecule has 2 heterocycles. The number of carbonyl (C=O) groups is 1. The van der Waals surface area contributed by atoms with E-state index in [1.807, 2.05) is 0 Å². The van der Waals surface area contributed by atoms with Crippen LogP contribution in [-0.4, -0.2) is 20.7 Å². The van der Waals surface area contributed by atoms with Gasteiger partial charge in [0.15, 0.2) is 11.7 Å². The lowest BCUT2D eigenvalue weighted by Crippen LogP contribution is -2.27. The van der Waals surface area contributed by atoms with Crippen molar-refractivity contribution in [2.45, 2.75) is 38.9 Å². The molecular formula is C25H22F4N4O2. The maximum Gasteiger partial charge on any atom is 0.416 e. The molecule has 4 aromatic rings. The van der Waals surface area contributed by atoms with Crippen LogP contribution in [0.5, 0.6) is 0 Å². The topological polar surface area (TPSA) is 73.0 Å². The van der Waals surface area contributed by atoms with E-state index in [0.717, 1.165) is 12.1 Å². The van der Waals surface area contributed by atoms with Crippen molar-refractivity contribution in [1.29, 1.82) is 0 Å². The first-order valence-electron chi connectivity index (χ1n) is 10.8. The second-order valence-corrected chi connectivity index (χ2v) is 8.06. The SMILES string of the molecule is Cc1c(C(C)NC(=O)CCc2ncc(-c3ccc(F)cc3)o2)cnn1-c1cccc(C(F)(F)F)c1.